The number of rotatable bonds is 8. The Bertz CT molecular complexity index is 1040. The molecule has 1 N–H and O–H groups in total. The fraction of sp³-hybridized carbons (Fsp3) is 0.174. The molecular formula is C23H22N4OS. The van der Waals surface area contributed by atoms with Crippen molar-refractivity contribution < 1.29 is 4.79 Å². The van der Waals surface area contributed by atoms with Gasteiger partial charge in [0.2, 0.25) is 5.91 Å². The minimum absolute atomic E-state index is 0.0512. The molecule has 0 spiro atoms. The zero-order chi connectivity index (χ0) is 19.9. The van der Waals surface area contributed by atoms with Gasteiger partial charge in [-0.3, -0.25) is 9.78 Å². The largest absolute Gasteiger partial charge is 0.356 e. The Morgan fingerprint density at radius 3 is 2.55 bits per heavy atom. The highest BCUT2D eigenvalue weighted by molar-refractivity contribution is 7.09. The van der Waals surface area contributed by atoms with Crippen molar-refractivity contribution in [1.29, 1.82) is 0 Å². The van der Waals surface area contributed by atoms with Crippen molar-refractivity contribution in [3.05, 3.63) is 89.3 Å². The third-order valence-electron chi connectivity index (χ3n) is 4.62. The molecule has 1 amide bonds. The van der Waals surface area contributed by atoms with E-state index in [4.69, 9.17) is 0 Å². The summed E-state index contributed by atoms with van der Waals surface area (Å²) in [5.41, 5.74) is 4.17. The standard InChI is InChI=1S/C23H22N4OS/c28-22(16-18-5-7-20(8-6-18)27-14-1-2-15-27)25-11-3-4-23-26-21(17-29-23)19-9-12-24-13-10-19/h1-2,5-10,12-15,17H,3-4,11,16H2,(H,25,28). The first-order chi connectivity index (χ1) is 14.3. The van der Waals surface area contributed by atoms with E-state index in [0.29, 0.717) is 13.0 Å². The molecule has 0 aliphatic carbocycles. The van der Waals surface area contributed by atoms with Gasteiger partial charge in [-0.25, -0.2) is 4.98 Å². The van der Waals surface area contributed by atoms with E-state index in [9.17, 15) is 4.79 Å². The first kappa shape index (κ1) is 19.1. The second kappa shape index (κ2) is 9.30. The number of carbonyl (C=O) groups excluding carboxylic acids is 1. The average molecular weight is 403 g/mol. The molecule has 3 aromatic heterocycles. The van der Waals surface area contributed by atoms with Crippen molar-refractivity contribution in [2.24, 2.45) is 0 Å². The lowest BCUT2D eigenvalue weighted by Crippen LogP contribution is -2.26. The number of nitrogens with one attached hydrogen (secondary N) is 1. The second-order valence-corrected chi connectivity index (χ2v) is 7.69. The number of thiazole rings is 1. The van der Waals surface area contributed by atoms with Crippen LogP contribution in [-0.4, -0.2) is 27.0 Å². The first-order valence-corrected chi connectivity index (χ1v) is 10.5. The predicted molar refractivity (Wildman–Crippen MR) is 116 cm³/mol. The van der Waals surface area contributed by atoms with Crippen LogP contribution < -0.4 is 5.32 Å². The minimum Gasteiger partial charge on any atom is -0.356 e. The summed E-state index contributed by atoms with van der Waals surface area (Å²) in [7, 11) is 0. The average Bonchev–Trinajstić information content (AvgIpc) is 3.45. The molecule has 0 atom stereocenters. The molecule has 146 valence electrons. The molecule has 6 heteroatoms. The maximum absolute atomic E-state index is 12.2. The van der Waals surface area contributed by atoms with Crippen LogP contribution in [0.4, 0.5) is 0 Å². The van der Waals surface area contributed by atoms with Gasteiger partial charge in [0.05, 0.1) is 17.1 Å². The Morgan fingerprint density at radius 2 is 1.79 bits per heavy atom. The molecule has 0 unspecified atom stereocenters. The van der Waals surface area contributed by atoms with Crippen LogP contribution in [0.25, 0.3) is 16.9 Å². The lowest BCUT2D eigenvalue weighted by atomic mass is 10.1. The quantitative estimate of drug-likeness (QED) is 0.447. The number of carbonyl (C=O) groups is 1. The Kier molecular flexibility index (Phi) is 6.12. The van der Waals surface area contributed by atoms with Gasteiger partial charge in [-0.15, -0.1) is 11.3 Å². The molecule has 1 aromatic carbocycles. The molecule has 4 aromatic rings. The summed E-state index contributed by atoms with van der Waals surface area (Å²) in [4.78, 5) is 20.9. The summed E-state index contributed by atoms with van der Waals surface area (Å²) in [6, 6.07) is 16.0. The zero-order valence-electron chi connectivity index (χ0n) is 16.0. The Labute approximate surface area is 174 Å². The number of aryl methyl sites for hydroxylation is 1. The third-order valence-corrected chi connectivity index (χ3v) is 5.53. The lowest BCUT2D eigenvalue weighted by molar-refractivity contribution is -0.120. The molecule has 0 radical (unpaired) electrons. The van der Waals surface area contributed by atoms with Gasteiger partial charge in [-0.2, -0.15) is 0 Å². The summed E-state index contributed by atoms with van der Waals surface area (Å²) in [6.07, 6.45) is 9.70. The van der Waals surface area contributed by atoms with Gasteiger partial charge in [0, 0.05) is 54.4 Å². The number of pyridine rings is 1. The zero-order valence-corrected chi connectivity index (χ0v) is 16.8. The van der Waals surface area contributed by atoms with E-state index < -0.39 is 0 Å². The van der Waals surface area contributed by atoms with E-state index in [0.717, 1.165) is 40.4 Å². The van der Waals surface area contributed by atoms with E-state index >= 15 is 0 Å². The molecular weight excluding hydrogens is 380 g/mol. The van der Waals surface area contributed by atoms with Crippen LogP contribution >= 0.6 is 11.3 Å². The van der Waals surface area contributed by atoms with Crippen LogP contribution in [0, 0.1) is 0 Å². The lowest BCUT2D eigenvalue weighted by Gasteiger charge is -2.07. The summed E-state index contributed by atoms with van der Waals surface area (Å²) in [5, 5.41) is 6.17. The fourth-order valence-electron chi connectivity index (χ4n) is 3.09. The summed E-state index contributed by atoms with van der Waals surface area (Å²) in [5.74, 6) is 0.0512. The monoisotopic (exact) mass is 402 g/mol. The van der Waals surface area contributed by atoms with Crippen LogP contribution in [0.3, 0.4) is 0 Å². The van der Waals surface area contributed by atoms with Crippen molar-refractivity contribution in [2.45, 2.75) is 19.3 Å². The van der Waals surface area contributed by atoms with Crippen LogP contribution in [-0.2, 0) is 17.6 Å². The second-order valence-electron chi connectivity index (χ2n) is 6.75. The molecule has 3 heterocycles. The maximum Gasteiger partial charge on any atom is 0.224 e. The Hall–Kier alpha value is -3.25. The highest BCUT2D eigenvalue weighted by Crippen LogP contribution is 2.21. The predicted octanol–water partition coefficient (Wildman–Crippen LogP) is 4.29. The van der Waals surface area contributed by atoms with Gasteiger partial charge in [0.1, 0.15) is 0 Å². The molecule has 0 fully saturated rings. The smallest absolute Gasteiger partial charge is 0.224 e. The van der Waals surface area contributed by atoms with Gasteiger partial charge in [0.15, 0.2) is 0 Å². The molecule has 0 aliphatic rings. The van der Waals surface area contributed by atoms with Gasteiger partial charge >= 0.3 is 0 Å². The van der Waals surface area contributed by atoms with Crippen molar-refractivity contribution >= 4 is 17.2 Å². The number of aromatic nitrogens is 3. The van der Waals surface area contributed by atoms with Gasteiger partial charge in [-0.1, -0.05) is 12.1 Å². The van der Waals surface area contributed by atoms with Crippen LogP contribution in [0.5, 0.6) is 0 Å². The number of hydrogen-bond acceptors (Lipinski definition) is 4. The van der Waals surface area contributed by atoms with Crippen LogP contribution in [0.15, 0.2) is 78.7 Å². The number of benzene rings is 1. The molecule has 0 saturated carbocycles. The number of nitrogens with zero attached hydrogens (tertiary/aromatic N) is 3. The van der Waals surface area contributed by atoms with E-state index in [-0.39, 0.29) is 5.91 Å². The molecule has 0 bridgehead atoms. The molecule has 0 saturated heterocycles. The van der Waals surface area contributed by atoms with Crippen molar-refractivity contribution in [3.63, 3.8) is 0 Å². The van der Waals surface area contributed by atoms with Crippen molar-refractivity contribution in [3.8, 4) is 16.9 Å². The van der Waals surface area contributed by atoms with Gasteiger partial charge in [-0.05, 0) is 48.4 Å². The number of amides is 1. The highest BCUT2D eigenvalue weighted by Gasteiger charge is 2.06. The topological polar surface area (TPSA) is 59.8 Å². The minimum atomic E-state index is 0.0512. The van der Waals surface area contributed by atoms with Crippen molar-refractivity contribution in [1.82, 2.24) is 19.9 Å². The Balaban J connectivity index is 1.20. The first-order valence-electron chi connectivity index (χ1n) is 9.62. The van der Waals surface area contributed by atoms with E-state index in [1.807, 2.05) is 65.5 Å². The SMILES string of the molecule is O=C(Cc1ccc(-n2cccc2)cc1)NCCCc1nc(-c2ccncc2)cs1. The van der Waals surface area contributed by atoms with Gasteiger partial charge in [0.25, 0.3) is 0 Å². The van der Waals surface area contributed by atoms with Gasteiger partial charge < -0.3 is 9.88 Å². The molecule has 29 heavy (non-hydrogen) atoms. The third kappa shape index (κ3) is 5.18. The van der Waals surface area contributed by atoms with Crippen LogP contribution in [0.2, 0.25) is 0 Å². The molecule has 5 nitrogen and oxygen atoms in total. The fourth-order valence-corrected chi connectivity index (χ4v) is 3.94. The Morgan fingerprint density at radius 1 is 1.03 bits per heavy atom. The van der Waals surface area contributed by atoms with E-state index in [1.54, 1.807) is 23.7 Å². The van der Waals surface area contributed by atoms with E-state index in [1.165, 1.54) is 0 Å². The van der Waals surface area contributed by atoms with Crippen molar-refractivity contribution in [2.75, 3.05) is 6.54 Å². The molecule has 0 aliphatic heterocycles. The summed E-state index contributed by atoms with van der Waals surface area (Å²) >= 11 is 1.66. The summed E-state index contributed by atoms with van der Waals surface area (Å²) < 4.78 is 2.04. The van der Waals surface area contributed by atoms with E-state index in [2.05, 4.69) is 20.7 Å². The summed E-state index contributed by atoms with van der Waals surface area (Å²) in [6.45, 7) is 0.657. The molecule has 4 rings (SSSR count). The highest BCUT2D eigenvalue weighted by atomic mass is 32.1. The normalized spacial score (nSPS) is 10.8. The van der Waals surface area contributed by atoms with Crippen LogP contribution in [0.1, 0.15) is 17.0 Å². The maximum atomic E-state index is 12.2. The number of hydrogen-bond donors (Lipinski definition) is 1.